The molecule has 1 fully saturated rings. The third-order valence-electron chi connectivity index (χ3n) is 4.36. The molecule has 4 nitrogen and oxygen atoms in total. The number of carbonyl (C=O) groups excluding carboxylic acids is 1. The minimum absolute atomic E-state index is 0.0688. The fraction of sp³-hybridized carbons (Fsp3) is 0.588. The second kappa shape index (κ2) is 8.08. The highest BCUT2D eigenvalue weighted by molar-refractivity contribution is 6.30. The van der Waals surface area contributed by atoms with Crippen LogP contribution in [0.15, 0.2) is 18.2 Å². The molecule has 0 saturated carbocycles. The van der Waals surface area contributed by atoms with Crippen LogP contribution in [0.4, 0.5) is 4.39 Å². The first kappa shape index (κ1) is 18.2. The smallest absolute Gasteiger partial charge is 0.307 e. The monoisotopic (exact) mass is 343 g/mol. The first-order valence-corrected chi connectivity index (χ1v) is 8.24. The molecule has 0 spiro atoms. The minimum atomic E-state index is -0.582. The minimum Gasteiger partial charge on any atom is -0.466 e. The Morgan fingerprint density at radius 2 is 2.13 bits per heavy atom. The van der Waals surface area contributed by atoms with Gasteiger partial charge >= 0.3 is 5.97 Å². The zero-order valence-corrected chi connectivity index (χ0v) is 14.1. The van der Waals surface area contributed by atoms with Crippen molar-refractivity contribution in [1.29, 1.82) is 0 Å². The molecule has 1 atom stereocenters. The quantitative estimate of drug-likeness (QED) is 0.805. The van der Waals surface area contributed by atoms with E-state index < -0.39 is 18.1 Å². The third kappa shape index (κ3) is 4.43. The van der Waals surface area contributed by atoms with Crippen LogP contribution in [-0.2, 0) is 19.7 Å². The highest BCUT2D eigenvalue weighted by Crippen LogP contribution is 2.38. The Kier molecular flexibility index (Phi) is 6.39. The first-order valence-electron chi connectivity index (χ1n) is 7.86. The van der Waals surface area contributed by atoms with Gasteiger partial charge in [-0.05, 0) is 43.0 Å². The Morgan fingerprint density at radius 1 is 1.43 bits per heavy atom. The molecular weight excluding hydrogens is 321 g/mol. The van der Waals surface area contributed by atoms with Crippen LogP contribution >= 0.6 is 11.6 Å². The van der Waals surface area contributed by atoms with Gasteiger partial charge in [0, 0.05) is 29.7 Å². The van der Waals surface area contributed by atoms with E-state index in [0.717, 1.165) is 11.1 Å². The molecule has 0 radical (unpaired) electrons. The zero-order valence-electron chi connectivity index (χ0n) is 13.3. The number of esters is 1. The van der Waals surface area contributed by atoms with Gasteiger partial charge in [0.1, 0.15) is 0 Å². The highest BCUT2D eigenvalue weighted by Gasteiger charge is 2.35. The Balaban J connectivity index is 2.25. The lowest BCUT2D eigenvalue weighted by atomic mass is 9.74. The molecule has 128 valence electrons. The molecule has 1 aromatic rings. The number of hydrogen-bond donors (Lipinski definition) is 1. The van der Waals surface area contributed by atoms with Gasteiger partial charge in [-0.25, -0.2) is 0 Å². The van der Waals surface area contributed by atoms with Crippen molar-refractivity contribution in [3.05, 3.63) is 34.3 Å². The lowest BCUT2D eigenvalue weighted by molar-refractivity contribution is -0.143. The molecule has 2 N–H and O–H groups in total. The average molecular weight is 344 g/mol. The number of alkyl halides is 1. The van der Waals surface area contributed by atoms with Crippen LogP contribution in [0.1, 0.15) is 43.4 Å². The zero-order chi connectivity index (χ0) is 16.9. The van der Waals surface area contributed by atoms with E-state index in [4.69, 9.17) is 26.8 Å². The summed E-state index contributed by atoms with van der Waals surface area (Å²) in [6.07, 6.45) is 1.28. The van der Waals surface area contributed by atoms with Crippen molar-refractivity contribution in [2.75, 3.05) is 26.5 Å². The summed E-state index contributed by atoms with van der Waals surface area (Å²) in [5.41, 5.74) is 7.06. The molecule has 23 heavy (non-hydrogen) atoms. The largest absolute Gasteiger partial charge is 0.466 e. The summed E-state index contributed by atoms with van der Waals surface area (Å²) in [5.74, 6) is -0.354. The van der Waals surface area contributed by atoms with Crippen LogP contribution in [0.2, 0.25) is 5.02 Å². The molecule has 1 aliphatic rings. The Hall–Kier alpha value is -1.17. The van der Waals surface area contributed by atoms with Crippen molar-refractivity contribution in [1.82, 2.24) is 0 Å². The highest BCUT2D eigenvalue weighted by atomic mass is 35.5. The van der Waals surface area contributed by atoms with Crippen molar-refractivity contribution in [2.24, 2.45) is 5.73 Å². The molecule has 0 aromatic heterocycles. The van der Waals surface area contributed by atoms with Crippen molar-refractivity contribution < 1.29 is 18.7 Å². The van der Waals surface area contributed by atoms with Crippen LogP contribution < -0.4 is 5.73 Å². The van der Waals surface area contributed by atoms with Gasteiger partial charge in [0.05, 0.1) is 19.7 Å². The molecule has 0 amide bonds. The molecule has 6 heteroatoms. The second-order valence-electron chi connectivity index (χ2n) is 5.92. The maximum Gasteiger partial charge on any atom is 0.307 e. The van der Waals surface area contributed by atoms with Gasteiger partial charge in [0.2, 0.25) is 0 Å². The Morgan fingerprint density at radius 3 is 2.74 bits per heavy atom. The molecule has 1 heterocycles. The van der Waals surface area contributed by atoms with E-state index in [2.05, 4.69) is 0 Å². The van der Waals surface area contributed by atoms with Gasteiger partial charge in [0.25, 0.3) is 0 Å². The van der Waals surface area contributed by atoms with E-state index in [1.54, 1.807) is 19.1 Å². The fourth-order valence-corrected chi connectivity index (χ4v) is 3.16. The number of halogens is 2. The molecule has 2 rings (SSSR count). The Bertz CT molecular complexity index is 547. The van der Waals surface area contributed by atoms with E-state index in [-0.39, 0.29) is 12.4 Å². The predicted molar refractivity (Wildman–Crippen MR) is 87.3 cm³/mol. The summed E-state index contributed by atoms with van der Waals surface area (Å²) in [5, 5.41) is 0.496. The number of ether oxygens (including phenoxy) is 2. The maximum absolute atomic E-state index is 13.8. The molecule has 1 aliphatic heterocycles. The van der Waals surface area contributed by atoms with Gasteiger partial charge in [-0.15, -0.1) is 0 Å². The summed E-state index contributed by atoms with van der Waals surface area (Å²) in [6, 6.07) is 4.84. The van der Waals surface area contributed by atoms with Gasteiger partial charge in [-0.2, -0.15) is 0 Å². The third-order valence-corrected chi connectivity index (χ3v) is 4.58. The molecule has 0 aliphatic carbocycles. The van der Waals surface area contributed by atoms with Gasteiger partial charge in [-0.1, -0.05) is 17.7 Å². The van der Waals surface area contributed by atoms with E-state index >= 15 is 0 Å². The number of rotatable bonds is 6. The summed E-state index contributed by atoms with van der Waals surface area (Å²) in [6.45, 7) is 2.65. The predicted octanol–water partition coefficient (Wildman–Crippen LogP) is 3.31. The van der Waals surface area contributed by atoms with Crippen LogP contribution in [0.3, 0.4) is 0 Å². The van der Waals surface area contributed by atoms with Gasteiger partial charge < -0.3 is 15.2 Å². The number of nitrogens with two attached hydrogens (primary N) is 1. The van der Waals surface area contributed by atoms with Crippen molar-refractivity contribution in [3.63, 3.8) is 0 Å². The second-order valence-corrected chi connectivity index (χ2v) is 6.35. The number of hydrogen-bond acceptors (Lipinski definition) is 4. The summed E-state index contributed by atoms with van der Waals surface area (Å²) >= 11 is 6.20. The molecule has 0 unspecified atom stereocenters. The topological polar surface area (TPSA) is 61.5 Å². The number of benzene rings is 1. The van der Waals surface area contributed by atoms with Gasteiger partial charge in [0.15, 0.2) is 0 Å². The summed E-state index contributed by atoms with van der Waals surface area (Å²) < 4.78 is 24.1. The Labute approximate surface area is 141 Å². The summed E-state index contributed by atoms with van der Waals surface area (Å²) in [4.78, 5) is 11.6. The van der Waals surface area contributed by atoms with E-state index in [9.17, 15) is 9.18 Å². The molecule has 1 aromatic carbocycles. The van der Waals surface area contributed by atoms with Crippen molar-refractivity contribution in [3.8, 4) is 0 Å². The van der Waals surface area contributed by atoms with Crippen LogP contribution in [-0.4, -0.2) is 32.5 Å². The van der Waals surface area contributed by atoms with E-state index in [0.29, 0.717) is 37.7 Å². The number of carbonyl (C=O) groups is 1. The molecule has 0 bridgehead atoms. The molecular formula is C17H23ClFNO3. The van der Waals surface area contributed by atoms with Crippen molar-refractivity contribution >= 4 is 17.6 Å². The average Bonchev–Trinajstić information content (AvgIpc) is 2.55. The lowest BCUT2D eigenvalue weighted by Gasteiger charge is -2.35. The normalized spacial score (nSPS) is 18.4. The lowest BCUT2D eigenvalue weighted by Crippen LogP contribution is -2.36. The van der Waals surface area contributed by atoms with Crippen molar-refractivity contribution in [2.45, 2.75) is 37.6 Å². The van der Waals surface area contributed by atoms with Crippen LogP contribution in [0.25, 0.3) is 0 Å². The summed E-state index contributed by atoms with van der Waals surface area (Å²) in [7, 11) is 0. The molecule has 1 saturated heterocycles. The fourth-order valence-electron chi connectivity index (χ4n) is 2.91. The van der Waals surface area contributed by atoms with Gasteiger partial charge in [-0.3, -0.25) is 9.18 Å². The van der Waals surface area contributed by atoms with Crippen LogP contribution in [0, 0.1) is 0 Å². The van der Waals surface area contributed by atoms with Crippen LogP contribution in [0.5, 0.6) is 0 Å². The van der Waals surface area contributed by atoms with E-state index in [1.807, 2.05) is 6.07 Å². The SMILES string of the molecule is CCOC(=O)C[C@H](N)c1cc(Cl)cc(C2(CF)CCOCC2)c1. The van der Waals surface area contributed by atoms with E-state index in [1.165, 1.54) is 0 Å². The standard InChI is InChI=1S/C17H23ClFNO3/c1-2-23-16(21)10-15(20)12-7-13(9-14(18)8-12)17(11-19)3-5-22-6-4-17/h7-9,15H,2-6,10-11,20H2,1H3/t15-/m0/s1. The first-order chi connectivity index (χ1) is 11.0. The maximum atomic E-state index is 13.8.